The lowest BCUT2D eigenvalue weighted by molar-refractivity contribution is 0.355. The molecule has 0 aliphatic heterocycles. The van der Waals surface area contributed by atoms with Gasteiger partial charge >= 0.3 is 0 Å². The highest BCUT2D eigenvalue weighted by atomic mass is 32.2. The number of hydrogen-bond donors (Lipinski definition) is 1. The molecule has 0 saturated carbocycles. The van der Waals surface area contributed by atoms with Gasteiger partial charge in [-0.1, -0.05) is 0 Å². The van der Waals surface area contributed by atoms with Crippen molar-refractivity contribution in [2.75, 3.05) is 25.6 Å². The molecule has 1 aromatic heterocycles. The van der Waals surface area contributed by atoms with Crippen LogP contribution in [0.5, 0.6) is 11.5 Å². The Morgan fingerprint density at radius 3 is 2.45 bits per heavy atom. The quantitative estimate of drug-likeness (QED) is 0.898. The van der Waals surface area contributed by atoms with Crippen molar-refractivity contribution in [1.82, 2.24) is 10.2 Å². The van der Waals surface area contributed by atoms with Gasteiger partial charge in [-0.2, -0.15) is 5.10 Å². The number of rotatable bonds is 5. The number of aromatic amines is 1. The van der Waals surface area contributed by atoms with E-state index in [9.17, 15) is 8.42 Å². The van der Waals surface area contributed by atoms with Gasteiger partial charge in [-0.15, -0.1) is 0 Å². The number of sulfonamides is 1. The van der Waals surface area contributed by atoms with Crippen molar-refractivity contribution in [1.29, 1.82) is 0 Å². The minimum atomic E-state index is -3.65. The highest BCUT2D eigenvalue weighted by Gasteiger charge is 2.23. The minimum Gasteiger partial charge on any atom is -0.493 e. The van der Waals surface area contributed by atoms with Crippen LogP contribution in [-0.2, 0) is 10.0 Å². The summed E-state index contributed by atoms with van der Waals surface area (Å²) >= 11 is 0. The fourth-order valence-electron chi connectivity index (χ4n) is 1.70. The fraction of sp³-hybridized carbons (Fsp3) is 0.250. The normalized spacial score (nSPS) is 11.2. The third-order valence-corrected chi connectivity index (χ3v) is 4.61. The molecule has 0 radical (unpaired) electrons. The van der Waals surface area contributed by atoms with E-state index < -0.39 is 10.0 Å². The van der Waals surface area contributed by atoms with Crippen LogP contribution < -0.4 is 13.8 Å². The number of H-pyrrole nitrogens is 1. The smallest absolute Gasteiger partial charge is 0.267 e. The number of anilines is 1. The maximum atomic E-state index is 12.3. The topological polar surface area (TPSA) is 84.5 Å². The number of ether oxygens (including phenoxy) is 2. The molecule has 0 amide bonds. The van der Waals surface area contributed by atoms with E-state index in [1.54, 1.807) is 18.2 Å². The van der Waals surface area contributed by atoms with Crippen LogP contribution in [0, 0.1) is 0 Å². The largest absolute Gasteiger partial charge is 0.493 e. The SMILES string of the molecule is COc1ccc(N(C)S(=O)(=O)c2cn[nH]c2)cc1OC. The van der Waals surface area contributed by atoms with Gasteiger partial charge in [-0.3, -0.25) is 9.40 Å². The number of hydrogen-bond acceptors (Lipinski definition) is 5. The molecule has 8 heteroatoms. The van der Waals surface area contributed by atoms with Gasteiger partial charge in [0.2, 0.25) is 0 Å². The fourth-order valence-corrected chi connectivity index (χ4v) is 2.79. The number of aromatic nitrogens is 2. The van der Waals surface area contributed by atoms with Crippen LogP contribution in [-0.4, -0.2) is 39.9 Å². The van der Waals surface area contributed by atoms with Crippen molar-refractivity contribution in [3.63, 3.8) is 0 Å². The van der Waals surface area contributed by atoms with E-state index in [2.05, 4.69) is 10.2 Å². The molecule has 1 aromatic carbocycles. The third kappa shape index (κ3) is 2.42. The molecule has 0 saturated heterocycles. The molecule has 0 aliphatic carbocycles. The van der Waals surface area contributed by atoms with Crippen LogP contribution in [0.1, 0.15) is 0 Å². The Bertz CT molecular complexity index is 683. The average Bonchev–Trinajstić information content (AvgIpc) is 3.00. The highest BCUT2D eigenvalue weighted by Crippen LogP contribution is 2.32. The zero-order valence-electron chi connectivity index (χ0n) is 11.3. The van der Waals surface area contributed by atoms with E-state index in [1.165, 1.54) is 33.7 Å². The Morgan fingerprint density at radius 2 is 1.90 bits per heavy atom. The Labute approximate surface area is 117 Å². The van der Waals surface area contributed by atoms with E-state index in [1.807, 2.05) is 0 Å². The first kappa shape index (κ1) is 14.2. The van der Waals surface area contributed by atoms with Gasteiger partial charge in [-0.25, -0.2) is 8.42 Å². The van der Waals surface area contributed by atoms with E-state index in [-0.39, 0.29) is 4.90 Å². The number of methoxy groups -OCH3 is 2. The summed E-state index contributed by atoms with van der Waals surface area (Å²) in [5.41, 5.74) is 0.462. The Balaban J connectivity index is 2.41. The molecule has 0 fully saturated rings. The van der Waals surface area contributed by atoms with Gasteiger partial charge in [0.25, 0.3) is 10.0 Å². The molecule has 1 N–H and O–H groups in total. The summed E-state index contributed by atoms with van der Waals surface area (Å²) in [6, 6.07) is 4.88. The molecular formula is C12H15N3O4S. The first-order chi connectivity index (χ1) is 9.50. The zero-order valence-corrected chi connectivity index (χ0v) is 12.1. The van der Waals surface area contributed by atoms with Crippen LogP contribution in [0.3, 0.4) is 0 Å². The lowest BCUT2D eigenvalue weighted by atomic mass is 10.3. The number of benzene rings is 1. The van der Waals surface area contributed by atoms with Crippen LogP contribution in [0.4, 0.5) is 5.69 Å². The van der Waals surface area contributed by atoms with E-state index >= 15 is 0 Å². The summed E-state index contributed by atoms with van der Waals surface area (Å²) in [5.74, 6) is 0.990. The lowest BCUT2D eigenvalue weighted by Gasteiger charge is -2.19. The third-order valence-electron chi connectivity index (χ3n) is 2.86. The molecular weight excluding hydrogens is 282 g/mol. The first-order valence-corrected chi connectivity index (χ1v) is 7.14. The Morgan fingerprint density at radius 1 is 1.20 bits per heavy atom. The molecule has 20 heavy (non-hydrogen) atoms. The summed E-state index contributed by atoms with van der Waals surface area (Å²) < 4.78 is 36.1. The number of nitrogens with zero attached hydrogens (tertiary/aromatic N) is 2. The van der Waals surface area contributed by atoms with Crippen molar-refractivity contribution in [2.45, 2.75) is 4.90 Å². The molecule has 0 bridgehead atoms. The van der Waals surface area contributed by atoms with Gasteiger partial charge in [0.1, 0.15) is 4.90 Å². The second-order valence-corrected chi connectivity index (χ2v) is 5.92. The van der Waals surface area contributed by atoms with Crippen molar-refractivity contribution in [3.05, 3.63) is 30.6 Å². The summed E-state index contributed by atoms with van der Waals surface area (Å²) in [4.78, 5) is 0.0924. The molecule has 0 aliphatic rings. The summed E-state index contributed by atoms with van der Waals surface area (Å²) in [7, 11) is 0.821. The molecule has 0 unspecified atom stereocenters. The van der Waals surface area contributed by atoms with Crippen LogP contribution in [0.2, 0.25) is 0 Å². The van der Waals surface area contributed by atoms with Crippen LogP contribution in [0.15, 0.2) is 35.5 Å². The molecule has 7 nitrogen and oxygen atoms in total. The standard InChI is InChI=1S/C12H15N3O4S/c1-15(20(16,17)10-7-13-14-8-10)9-4-5-11(18-2)12(6-9)19-3/h4-8H,1-3H3,(H,13,14). The van der Waals surface area contributed by atoms with Gasteiger partial charge in [0, 0.05) is 19.3 Å². The maximum Gasteiger partial charge on any atom is 0.267 e. The summed E-state index contributed by atoms with van der Waals surface area (Å²) in [6.45, 7) is 0. The summed E-state index contributed by atoms with van der Waals surface area (Å²) in [6.07, 6.45) is 2.58. The number of nitrogens with one attached hydrogen (secondary N) is 1. The molecule has 108 valence electrons. The van der Waals surface area contributed by atoms with Gasteiger partial charge in [-0.05, 0) is 12.1 Å². The molecule has 2 rings (SSSR count). The van der Waals surface area contributed by atoms with Crippen LogP contribution in [0.25, 0.3) is 0 Å². The van der Waals surface area contributed by atoms with Gasteiger partial charge < -0.3 is 9.47 Å². The molecule has 2 aromatic rings. The van der Waals surface area contributed by atoms with Gasteiger partial charge in [0.05, 0.1) is 26.1 Å². The predicted octanol–water partition coefficient (Wildman–Crippen LogP) is 1.25. The second kappa shape index (κ2) is 5.41. The van der Waals surface area contributed by atoms with Crippen molar-refractivity contribution in [3.8, 4) is 11.5 Å². The van der Waals surface area contributed by atoms with E-state index in [4.69, 9.17) is 9.47 Å². The first-order valence-electron chi connectivity index (χ1n) is 5.70. The van der Waals surface area contributed by atoms with Crippen molar-refractivity contribution < 1.29 is 17.9 Å². The molecule has 1 heterocycles. The van der Waals surface area contributed by atoms with Crippen molar-refractivity contribution >= 4 is 15.7 Å². The monoisotopic (exact) mass is 297 g/mol. The summed E-state index contributed by atoms with van der Waals surface area (Å²) in [5, 5.41) is 6.13. The van der Waals surface area contributed by atoms with Crippen LogP contribution >= 0.6 is 0 Å². The average molecular weight is 297 g/mol. The van der Waals surface area contributed by atoms with Gasteiger partial charge in [0.15, 0.2) is 11.5 Å². The Hall–Kier alpha value is -2.22. The molecule has 0 spiro atoms. The van der Waals surface area contributed by atoms with Crippen molar-refractivity contribution in [2.24, 2.45) is 0 Å². The minimum absolute atomic E-state index is 0.0924. The van der Waals surface area contributed by atoms with E-state index in [0.717, 1.165) is 4.31 Å². The zero-order chi connectivity index (χ0) is 14.8. The molecule has 0 atom stereocenters. The maximum absolute atomic E-state index is 12.3. The highest BCUT2D eigenvalue weighted by molar-refractivity contribution is 7.92. The predicted molar refractivity (Wildman–Crippen MR) is 73.7 cm³/mol. The van der Waals surface area contributed by atoms with E-state index in [0.29, 0.717) is 17.2 Å². The second-order valence-electron chi connectivity index (χ2n) is 3.95. The Kier molecular flexibility index (Phi) is 3.84. The lowest BCUT2D eigenvalue weighted by Crippen LogP contribution is -2.26.